The Labute approximate surface area is 144 Å². The highest BCUT2D eigenvalue weighted by Gasteiger charge is 2.24. The van der Waals surface area contributed by atoms with Crippen molar-refractivity contribution in [3.8, 4) is 0 Å². The molecule has 1 amide bonds. The summed E-state index contributed by atoms with van der Waals surface area (Å²) < 4.78 is 39.8. The number of amides is 1. The fourth-order valence-corrected chi connectivity index (χ4v) is 2.17. The molecule has 0 saturated carbocycles. The quantitative estimate of drug-likeness (QED) is 0.601. The fraction of sp³-hybridized carbons (Fsp3) is 0.125. The van der Waals surface area contributed by atoms with Crippen molar-refractivity contribution in [2.75, 3.05) is 0 Å². The van der Waals surface area contributed by atoms with Crippen LogP contribution in [0.25, 0.3) is 0 Å². The summed E-state index contributed by atoms with van der Waals surface area (Å²) in [4.78, 5) is 33.1. The molecule has 2 rings (SSSR count). The second kappa shape index (κ2) is 7.64. The first-order valence-electron chi connectivity index (χ1n) is 7.10. The average molecular weight is 368 g/mol. The number of nitrogens with one attached hydrogen (secondary N) is 1. The first-order chi connectivity index (χ1) is 12.2. The van der Waals surface area contributed by atoms with Crippen LogP contribution in [0.1, 0.15) is 15.9 Å². The Morgan fingerprint density at radius 3 is 2.38 bits per heavy atom. The van der Waals surface area contributed by atoms with Gasteiger partial charge in [0.1, 0.15) is 17.7 Å². The second-order valence-corrected chi connectivity index (χ2v) is 5.24. The zero-order valence-electron chi connectivity index (χ0n) is 12.9. The minimum Gasteiger partial charge on any atom is -0.480 e. The van der Waals surface area contributed by atoms with Gasteiger partial charge in [-0.1, -0.05) is 6.07 Å². The van der Waals surface area contributed by atoms with E-state index in [1.54, 1.807) is 0 Å². The molecule has 0 aliphatic heterocycles. The van der Waals surface area contributed by atoms with E-state index in [1.807, 2.05) is 5.32 Å². The SMILES string of the molecule is O=C(N[C@H](Cc1ccc(F)c([N+](=O)[O-])c1)C(=O)O)c1ccc(F)cc1F. The third kappa shape index (κ3) is 4.35. The first kappa shape index (κ1) is 18.9. The summed E-state index contributed by atoms with van der Waals surface area (Å²) in [6.45, 7) is 0. The number of nitro benzene ring substituents is 1. The van der Waals surface area contributed by atoms with Crippen LogP contribution in [0.2, 0.25) is 0 Å². The highest BCUT2D eigenvalue weighted by atomic mass is 19.1. The van der Waals surface area contributed by atoms with Gasteiger partial charge in [0.05, 0.1) is 10.5 Å². The Morgan fingerprint density at radius 2 is 1.81 bits per heavy atom. The lowest BCUT2D eigenvalue weighted by Gasteiger charge is -2.15. The van der Waals surface area contributed by atoms with Gasteiger partial charge in [-0.15, -0.1) is 0 Å². The number of carboxylic acids is 1. The molecule has 0 aliphatic carbocycles. The number of hydrogen-bond acceptors (Lipinski definition) is 4. The number of benzene rings is 2. The molecule has 0 aliphatic rings. The molecule has 2 aromatic carbocycles. The van der Waals surface area contributed by atoms with E-state index in [4.69, 9.17) is 0 Å². The summed E-state index contributed by atoms with van der Waals surface area (Å²) in [5, 5.41) is 22.0. The van der Waals surface area contributed by atoms with E-state index in [9.17, 15) is 38.0 Å². The third-order valence-corrected chi connectivity index (χ3v) is 3.43. The van der Waals surface area contributed by atoms with E-state index in [2.05, 4.69) is 0 Å². The molecule has 26 heavy (non-hydrogen) atoms. The maximum atomic E-state index is 13.6. The molecule has 0 radical (unpaired) electrons. The van der Waals surface area contributed by atoms with Gasteiger partial charge in [0.2, 0.25) is 5.82 Å². The fourth-order valence-electron chi connectivity index (χ4n) is 2.17. The van der Waals surface area contributed by atoms with E-state index < -0.39 is 58.0 Å². The van der Waals surface area contributed by atoms with E-state index in [-0.39, 0.29) is 5.56 Å². The third-order valence-electron chi connectivity index (χ3n) is 3.43. The molecule has 136 valence electrons. The summed E-state index contributed by atoms with van der Waals surface area (Å²) in [5.41, 5.74) is -1.34. The van der Waals surface area contributed by atoms with Gasteiger partial charge in [-0.25, -0.2) is 13.6 Å². The van der Waals surface area contributed by atoms with E-state index in [1.165, 1.54) is 0 Å². The molecule has 0 fully saturated rings. The van der Waals surface area contributed by atoms with Crippen LogP contribution in [0.4, 0.5) is 18.9 Å². The monoisotopic (exact) mass is 368 g/mol. The molecular formula is C16H11F3N2O5. The number of carboxylic acid groups (broad SMARTS) is 1. The molecule has 0 aromatic heterocycles. The highest BCUT2D eigenvalue weighted by Crippen LogP contribution is 2.19. The molecule has 10 heteroatoms. The van der Waals surface area contributed by atoms with Gasteiger partial charge in [-0.05, 0) is 23.8 Å². The smallest absolute Gasteiger partial charge is 0.326 e. The lowest BCUT2D eigenvalue weighted by molar-refractivity contribution is -0.387. The molecular weight excluding hydrogens is 357 g/mol. The van der Waals surface area contributed by atoms with Gasteiger partial charge < -0.3 is 10.4 Å². The second-order valence-electron chi connectivity index (χ2n) is 5.24. The van der Waals surface area contributed by atoms with Crippen LogP contribution in [0.5, 0.6) is 0 Å². The van der Waals surface area contributed by atoms with Crippen molar-refractivity contribution in [3.05, 3.63) is 75.1 Å². The molecule has 7 nitrogen and oxygen atoms in total. The summed E-state index contributed by atoms with van der Waals surface area (Å²) in [5.74, 6) is -5.78. The Hall–Kier alpha value is -3.43. The zero-order valence-corrected chi connectivity index (χ0v) is 12.9. The molecule has 2 aromatic rings. The lowest BCUT2D eigenvalue weighted by atomic mass is 10.0. The number of carbonyl (C=O) groups excluding carboxylic acids is 1. The van der Waals surface area contributed by atoms with Crippen LogP contribution in [0, 0.1) is 27.6 Å². The van der Waals surface area contributed by atoms with Crippen molar-refractivity contribution in [1.29, 1.82) is 0 Å². The Morgan fingerprint density at radius 1 is 1.12 bits per heavy atom. The number of rotatable bonds is 6. The molecule has 0 spiro atoms. The van der Waals surface area contributed by atoms with Crippen LogP contribution in [-0.4, -0.2) is 27.9 Å². The summed E-state index contributed by atoms with van der Waals surface area (Å²) in [6.07, 6.45) is -0.412. The number of nitrogens with zero attached hydrogens (tertiary/aromatic N) is 1. The van der Waals surface area contributed by atoms with Crippen LogP contribution in [-0.2, 0) is 11.2 Å². The predicted octanol–water partition coefficient (Wildman–Crippen LogP) is 2.44. The molecule has 2 N–H and O–H groups in total. The standard InChI is InChI=1S/C16H11F3N2O5/c17-9-2-3-10(12(19)7-9)15(22)20-13(16(23)24)5-8-1-4-11(18)14(6-8)21(25)26/h1-4,6-7,13H,5H2,(H,20,22)(H,23,24)/t13-/m1/s1. The zero-order chi connectivity index (χ0) is 19.4. The first-order valence-corrected chi connectivity index (χ1v) is 7.10. The Balaban J connectivity index is 2.22. The van der Waals surface area contributed by atoms with Crippen molar-refractivity contribution in [2.24, 2.45) is 0 Å². The van der Waals surface area contributed by atoms with Gasteiger partial charge in [-0.2, -0.15) is 4.39 Å². The van der Waals surface area contributed by atoms with Crippen molar-refractivity contribution < 1.29 is 32.8 Å². The number of carbonyl (C=O) groups is 2. The minimum absolute atomic E-state index is 0.0744. The maximum absolute atomic E-state index is 13.6. The van der Waals surface area contributed by atoms with Gasteiger partial charge in [-0.3, -0.25) is 14.9 Å². The van der Waals surface area contributed by atoms with E-state index >= 15 is 0 Å². The summed E-state index contributed by atoms with van der Waals surface area (Å²) in [7, 11) is 0. The van der Waals surface area contributed by atoms with Gasteiger partial charge in [0.15, 0.2) is 0 Å². The molecule has 0 bridgehead atoms. The molecule has 0 heterocycles. The Kier molecular flexibility index (Phi) is 5.55. The largest absolute Gasteiger partial charge is 0.480 e. The minimum atomic E-state index is -1.57. The van der Waals surface area contributed by atoms with Gasteiger partial charge >= 0.3 is 11.7 Å². The summed E-state index contributed by atoms with van der Waals surface area (Å²) >= 11 is 0. The molecule has 0 unspecified atom stereocenters. The normalized spacial score (nSPS) is 11.7. The van der Waals surface area contributed by atoms with Crippen LogP contribution < -0.4 is 5.32 Å². The van der Waals surface area contributed by atoms with Gasteiger partial charge in [0.25, 0.3) is 5.91 Å². The average Bonchev–Trinajstić information content (AvgIpc) is 2.55. The highest BCUT2D eigenvalue weighted by molar-refractivity contribution is 5.96. The number of halogens is 3. The van der Waals surface area contributed by atoms with Crippen molar-refractivity contribution in [3.63, 3.8) is 0 Å². The topological polar surface area (TPSA) is 110 Å². The van der Waals surface area contributed by atoms with E-state index in [0.717, 1.165) is 30.3 Å². The summed E-state index contributed by atoms with van der Waals surface area (Å²) in [6, 6.07) is 3.34. The van der Waals surface area contributed by atoms with Gasteiger partial charge in [0, 0.05) is 18.6 Å². The van der Waals surface area contributed by atoms with Crippen LogP contribution in [0.15, 0.2) is 36.4 Å². The number of aliphatic carboxylic acids is 1. The van der Waals surface area contributed by atoms with E-state index in [0.29, 0.717) is 6.07 Å². The van der Waals surface area contributed by atoms with Crippen molar-refractivity contribution >= 4 is 17.6 Å². The number of hydrogen-bond donors (Lipinski definition) is 2. The lowest BCUT2D eigenvalue weighted by Crippen LogP contribution is -2.42. The maximum Gasteiger partial charge on any atom is 0.326 e. The predicted molar refractivity (Wildman–Crippen MR) is 82.0 cm³/mol. The molecule has 0 saturated heterocycles. The molecule has 1 atom stereocenters. The number of nitro groups is 1. The van der Waals surface area contributed by atoms with Crippen LogP contribution >= 0.6 is 0 Å². The van der Waals surface area contributed by atoms with Crippen LogP contribution in [0.3, 0.4) is 0 Å². The van der Waals surface area contributed by atoms with Crippen molar-refractivity contribution in [1.82, 2.24) is 5.32 Å². The Bertz CT molecular complexity index is 888. The van der Waals surface area contributed by atoms with Crippen molar-refractivity contribution in [2.45, 2.75) is 12.5 Å².